The third kappa shape index (κ3) is 1.94. The molecule has 2 rings (SSSR count). The lowest BCUT2D eigenvalue weighted by atomic mass is 10.2. The third-order valence-electron chi connectivity index (χ3n) is 2.86. The summed E-state index contributed by atoms with van der Waals surface area (Å²) in [5.41, 5.74) is 0. The third-order valence-corrected chi connectivity index (χ3v) is 5.23. The zero-order chi connectivity index (χ0) is 10.2. The number of ether oxygens (including phenoxy) is 1. The van der Waals surface area contributed by atoms with Gasteiger partial charge in [0.15, 0.2) is 0 Å². The Balaban J connectivity index is 2.03. The summed E-state index contributed by atoms with van der Waals surface area (Å²) in [6, 6.07) is 0. The molecular formula is C9H17NO3S. The van der Waals surface area contributed by atoms with Crippen LogP contribution in [0.15, 0.2) is 0 Å². The summed E-state index contributed by atoms with van der Waals surface area (Å²) < 4.78 is 30.8. The van der Waals surface area contributed by atoms with Crippen molar-refractivity contribution in [2.24, 2.45) is 0 Å². The Hall–Kier alpha value is -0.130. The van der Waals surface area contributed by atoms with Crippen molar-refractivity contribution in [2.75, 3.05) is 19.7 Å². The molecule has 0 bridgehead atoms. The van der Waals surface area contributed by atoms with Gasteiger partial charge in [0, 0.05) is 13.1 Å². The molecule has 1 saturated heterocycles. The van der Waals surface area contributed by atoms with E-state index in [1.165, 1.54) is 0 Å². The van der Waals surface area contributed by atoms with Crippen LogP contribution < -0.4 is 0 Å². The molecule has 0 aromatic rings. The van der Waals surface area contributed by atoms with E-state index in [4.69, 9.17) is 4.74 Å². The summed E-state index contributed by atoms with van der Waals surface area (Å²) in [6.07, 6.45) is 2.67. The van der Waals surface area contributed by atoms with Gasteiger partial charge in [0.2, 0.25) is 10.0 Å². The van der Waals surface area contributed by atoms with Gasteiger partial charge in [-0.15, -0.1) is 0 Å². The van der Waals surface area contributed by atoms with Gasteiger partial charge in [0.05, 0.1) is 18.0 Å². The van der Waals surface area contributed by atoms with Gasteiger partial charge in [0.1, 0.15) is 0 Å². The highest BCUT2D eigenvalue weighted by atomic mass is 32.2. The lowest BCUT2D eigenvalue weighted by Crippen LogP contribution is -2.46. The Morgan fingerprint density at radius 2 is 2.14 bits per heavy atom. The molecule has 2 aliphatic rings. The number of hydrogen-bond acceptors (Lipinski definition) is 3. The minimum atomic E-state index is -2.98. The molecule has 0 radical (unpaired) electrons. The maximum Gasteiger partial charge on any atom is 0.217 e. The average molecular weight is 219 g/mol. The average Bonchev–Trinajstić information content (AvgIpc) is 3.01. The summed E-state index contributed by atoms with van der Waals surface area (Å²) >= 11 is 0. The maximum atomic E-state index is 11.9. The Bertz CT molecular complexity index is 297. The molecule has 14 heavy (non-hydrogen) atoms. The second-order valence-corrected chi connectivity index (χ2v) is 6.22. The van der Waals surface area contributed by atoms with Crippen LogP contribution in [-0.2, 0) is 14.8 Å². The van der Waals surface area contributed by atoms with Gasteiger partial charge in [-0.05, 0) is 19.3 Å². The highest BCUT2D eigenvalue weighted by molar-refractivity contribution is 7.90. The van der Waals surface area contributed by atoms with Crippen LogP contribution in [0.25, 0.3) is 0 Å². The Morgan fingerprint density at radius 1 is 1.43 bits per heavy atom. The molecule has 0 spiro atoms. The summed E-state index contributed by atoms with van der Waals surface area (Å²) in [4.78, 5) is 0. The fourth-order valence-corrected chi connectivity index (χ4v) is 3.60. The molecule has 0 unspecified atom stereocenters. The summed E-state index contributed by atoms with van der Waals surface area (Å²) in [5, 5.41) is -0.0851. The minimum Gasteiger partial charge on any atom is -0.375 e. The van der Waals surface area contributed by atoms with Gasteiger partial charge in [-0.25, -0.2) is 8.42 Å². The zero-order valence-corrected chi connectivity index (χ0v) is 9.29. The first-order chi connectivity index (χ1) is 6.64. The van der Waals surface area contributed by atoms with E-state index in [1.807, 2.05) is 6.92 Å². The number of nitrogens with zero attached hydrogens (tertiary/aromatic N) is 1. The SMILES string of the molecule is CC[C@H]1CN(S(=O)(=O)C2CC2)CCO1. The molecular weight excluding hydrogens is 202 g/mol. The first kappa shape index (κ1) is 10.4. The molecule has 82 valence electrons. The molecule has 2 fully saturated rings. The molecule has 1 heterocycles. The molecule has 1 atom stereocenters. The van der Waals surface area contributed by atoms with E-state index in [-0.39, 0.29) is 11.4 Å². The van der Waals surface area contributed by atoms with Crippen LogP contribution in [0, 0.1) is 0 Å². The summed E-state index contributed by atoms with van der Waals surface area (Å²) in [7, 11) is -2.98. The smallest absolute Gasteiger partial charge is 0.217 e. The van der Waals surface area contributed by atoms with Gasteiger partial charge in [-0.2, -0.15) is 4.31 Å². The van der Waals surface area contributed by atoms with E-state index >= 15 is 0 Å². The molecule has 0 aromatic carbocycles. The van der Waals surface area contributed by atoms with Crippen LogP contribution >= 0.6 is 0 Å². The molecule has 5 heteroatoms. The summed E-state index contributed by atoms with van der Waals surface area (Å²) in [6.45, 7) is 3.66. The summed E-state index contributed by atoms with van der Waals surface area (Å²) in [5.74, 6) is 0. The van der Waals surface area contributed by atoms with Gasteiger partial charge in [-0.3, -0.25) is 0 Å². The Kier molecular flexibility index (Phi) is 2.81. The van der Waals surface area contributed by atoms with E-state index in [0.29, 0.717) is 19.7 Å². The van der Waals surface area contributed by atoms with Crippen LogP contribution in [0.3, 0.4) is 0 Å². The second-order valence-electron chi connectivity index (χ2n) is 4.00. The zero-order valence-electron chi connectivity index (χ0n) is 8.48. The van der Waals surface area contributed by atoms with Gasteiger partial charge in [0.25, 0.3) is 0 Å². The normalized spacial score (nSPS) is 30.5. The van der Waals surface area contributed by atoms with E-state index < -0.39 is 10.0 Å². The molecule has 0 amide bonds. The van der Waals surface area contributed by atoms with Gasteiger partial charge in [-0.1, -0.05) is 6.92 Å². The van der Waals surface area contributed by atoms with Crippen molar-refractivity contribution in [3.05, 3.63) is 0 Å². The number of hydrogen-bond donors (Lipinski definition) is 0. The number of morpholine rings is 1. The van der Waals surface area contributed by atoms with Gasteiger partial charge >= 0.3 is 0 Å². The topological polar surface area (TPSA) is 46.6 Å². The second kappa shape index (κ2) is 3.79. The highest BCUT2D eigenvalue weighted by Gasteiger charge is 2.41. The standard InChI is InChI=1S/C9H17NO3S/c1-2-8-7-10(5-6-13-8)14(11,12)9-3-4-9/h8-9H,2-7H2,1H3/t8-/m0/s1. The first-order valence-corrected chi connectivity index (χ1v) is 6.75. The fourth-order valence-electron chi connectivity index (χ4n) is 1.75. The lowest BCUT2D eigenvalue weighted by molar-refractivity contribution is -0.00282. The van der Waals surface area contributed by atoms with Crippen molar-refractivity contribution in [3.63, 3.8) is 0 Å². The fraction of sp³-hybridized carbons (Fsp3) is 1.00. The molecule has 1 aliphatic carbocycles. The predicted octanol–water partition coefficient (Wildman–Crippen LogP) is 0.589. The maximum absolute atomic E-state index is 11.9. The van der Waals surface area contributed by atoms with Gasteiger partial charge < -0.3 is 4.74 Å². The number of rotatable bonds is 3. The monoisotopic (exact) mass is 219 g/mol. The molecule has 4 nitrogen and oxygen atoms in total. The van der Waals surface area contributed by atoms with Crippen LogP contribution in [0.2, 0.25) is 0 Å². The van der Waals surface area contributed by atoms with Crippen LogP contribution in [0.5, 0.6) is 0 Å². The largest absolute Gasteiger partial charge is 0.375 e. The van der Waals surface area contributed by atoms with E-state index in [0.717, 1.165) is 19.3 Å². The quantitative estimate of drug-likeness (QED) is 0.698. The van der Waals surface area contributed by atoms with Crippen molar-refractivity contribution >= 4 is 10.0 Å². The predicted molar refractivity (Wildman–Crippen MR) is 53.5 cm³/mol. The van der Waals surface area contributed by atoms with E-state index in [2.05, 4.69) is 0 Å². The molecule has 0 N–H and O–H groups in total. The van der Waals surface area contributed by atoms with Crippen molar-refractivity contribution in [1.82, 2.24) is 4.31 Å². The van der Waals surface area contributed by atoms with Crippen molar-refractivity contribution < 1.29 is 13.2 Å². The minimum absolute atomic E-state index is 0.0851. The molecule has 0 aromatic heterocycles. The first-order valence-electron chi connectivity index (χ1n) is 5.25. The number of sulfonamides is 1. The Morgan fingerprint density at radius 3 is 2.71 bits per heavy atom. The molecule has 1 saturated carbocycles. The molecule has 1 aliphatic heterocycles. The van der Waals surface area contributed by atoms with Crippen LogP contribution in [0.1, 0.15) is 26.2 Å². The van der Waals surface area contributed by atoms with Crippen LogP contribution in [-0.4, -0.2) is 43.8 Å². The van der Waals surface area contributed by atoms with E-state index in [9.17, 15) is 8.42 Å². The van der Waals surface area contributed by atoms with Crippen molar-refractivity contribution in [1.29, 1.82) is 0 Å². The Labute approximate surface area is 85.3 Å². The van der Waals surface area contributed by atoms with Crippen molar-refractivity contribution in [2.45, 2.75) is 37.5 Å². The highest BCUT2D eigenvalue weighted by Crippen LogP contribution is 2.31. The van der Waals surface area contributed by atoms with Crippen LogP contribution in [0.4, 0.5) is 0 Å². The van der Waals surface area contributed by atoms with Crippen molar-refractivity contribution in [3.8, 4) is 0 Å². The lowest BCUT2D eigenvalue weighted by Gasteiger charge is -2.31. The van der Waals surface area contributed by atoms with E-state index in [1.54, 1.807) is 4.31 Å².